The van der Waals surface area contributed by atoms with Gasteiger partial charge in [0.15, 0.2) is 11.6 Å². The highest BCUT2D eigenvalue weighted by atomic mass is 32.1. The van der Waals surface area contributed by atoms with Crippen LogP contribution in [0.1, 0.15) is 0 Å². The first-order valence-corrected chi connectivity index (χ1v) is 6.53. The summed E-state index contributed by atoms with van der Waals surface area (Å²) in [6, 6.07) is 8.46. The Labute approximate surface area is 113 Å². The standard InChI is InChI=1S/C13H11FN4S/c1-18-13(8-4-5-9(14)10(15)7-8)16-12(17-18)11-3-2-6-19-11/h2-7H,15H2,1H3. The lowest BCUT2D eigenvalue weighted by atomic mass is 10.2. The second-order valence-electron chi connectivity index (χ2n) is 4.10. The molecule has 0 bridgehead atoms. The Morgan fingerprint density at radius 3 is 2.84 bits per heavy atom. The summed E-state index contributed by atoms with van der Waals surface area (Å²) in [5.74, 6) is 0.898. The van der Waals surface area contributed by atoms with Gasteiger partial charge in [0.05, 0.1) is 10.6 Å². The maximum Gasteiger partial charge on any atom is 0.191 e. The van der Waals surface area contributed by atoms with E-state index in [-0.39, 0.29) is 5.69 Å². The molecule has 19 heavy (non-hydrogen) atoms. The van der Waals surface area contributed by atoms with Gasteiger partial charge in [-0.25, -0.2) is 14.1 Å². The van der Waals surface area contributed by atoms with Crippen LogP contribution >= 0.6 is 11.3 Å². The van der Waals surface area contributed by atoms with Crippen molar-refractivity contribution in [1.82, 2.24) is 14.8 Å². The molecule has 0 saturated carbocycles. The summed E-state index contributed by atoms with van der Waals surface area (Å²) in [4.78, 5) is 5.47. The average molecular weight is 274 g/mol. The summed E-state index contributed by atoms with van der Waals surface area (Å²) in [7, 11) is 1.80. The van der Waals surface area contributed by atoms with Crippen LogP contribution in [0.2, 0.25) is 0 Å². The lowest BCUT2D eigenvalue weighted by Crippen LogP contribution is -1.96. The number of hydrogen-bond acceptors (Lipinski definition) is 4. The van der Waals surface area contributed by atoms with Crippen molar-refractivity contribution in [3.05, 3.63) is 41.5 Å². The number of anilines is 1. The predicted molar refractivity (Wildman–Crippen MR) is 74.1 cm³/mol. The van der Waals surface area contributed by atoms with E-state index in [9.17, 15) is 4.39 Å². The van der Waals surface area contributed by atoms with E-state index in [0.29, 0.717) is 11.6 Å². The highest BCUT2D eigenvalue weighted by molar-refractivity contribution is 7.13. The number of halogens is 1. The van der Waals surface area contributed by atoms with Gasteiger partial charge in [0.25, 0.3) is 0 Å². The number of aryl methyl sites for hydroxylation is 1. The van der Waals surface area contributed by atoms with Crippen LogP contribution in [0.3, 0.4) is 0 Å². The van der Waals surface area contributed by atoms with Gasteiger partial charge in [-0.2, -0.15) is 0 Å². The van der Waals surface area contributed by atoms with Gasteiger partial charge in [0.2, 0.25) is 0 Å². The minimum atomic E-state index is -0.426. The molecule has 3 aromatic rings. The van der Waals surface area contributed by atoms with Crippen molar-refractivity contribution in [3.8, 4) is 22.1 Å². The largest absolute Gasteiger partial charge is 0.396 e. The minimum absolute atomic E-state index is 0.109. The topological polar surface area (TPSA) is 56.7 Å². The first kappa shape index (κ1) is 11.9. The Kier molecular flexibility index (Phi) is 2.79. The third-order valence-corrected chi connectivity index (χ3v) is 3.62. The summed E-state index contributed by atoms with van der Waals surface area (Å²) in [5, 5.41) is 6.34. The van der Waals surface area contributed by atoms with Crippen molar-refractivity contribution in [2.75, 3.05) is 5.73 Å². The molecule has 0 aliphatic carbocycles. The quantitative estimate of drug-likeness (QED) is 0.731. The summed E-state index contributed by atoms with van der Waals surface area (Å²) >= 11 is 1.58. The molecule has 2 aromatic heterocycles. The smallest absolute Gasteiger partial charge is 0.191 e. The molecular formula is C13H11FN4S. The lowest BCUT2D eigenvalue weighted by molar-refractivity contribution is 0.632. The van der Waals surface area contributed by atoms with Gasteiger partial charge in [-0.15, -0.1) is 16.4 Å². The number of nitrogens with zero attached hydrogens (tertiary/aromatic N) is 3. The van der Waals surface area contributed by atoms with E-state index >= 15 is 0 Å². The molecule has 0 fully saturated rings. The highest BCUT2D eigenvalue weighted by Gasteiger charge is 2.12. The molecule has 0 radical (unpaired) electrons. The molecule has 0 spiro atoms. The highest BCUT2D eigenvalue weighted by Crippen LogP contribution is 2.26. The van der Waals surface area contributed by atoms with Crippen molar-refractivity contribution in [2.45, 2.75) is 0 Å². The minimum Gasteiger partial charge on any atom is -0.396 e. The van der Waals surface area contributed by atoms with Crippen molar-refractivity contribution in [1.29, 1.82) is 0 Å². The zero-order valence-corrected chi connectivity index (χ0v) is 11.0. The number of nitrogens with two attached hydrogens (primary N) is 1. The van der Waals surface area contributed by atoms with E-state index in [0.717, 1.165) is 10.4 Å². The van der Waals surface area contributed by atoms with Crippen LogP contribution in [0, 0.1) is 5.82 Å². The molecule has 4 nitrogen and oxygen atoms in total. The molecule has 0 aliphatic rings. The Morgan fingerprint density at radius 2 is 2.16 bits per heavy atom. The van der Waals surface area contributed by atoms with E-state index in [1.807, 2.05) is 17.5 Å². The van der Waals surface area contributed by atoms with E-state index < -0.39 is 5.82 Å². The zero-order valence-electron chi connectivity index (χ0n) is 10.2. The summed E-state index contributed by atoms with van der Waals surface area (Å²) in [6.07, 6.45) is 0. The van der Waals surface area contributed by atoms with E-state index in [1.54, 1.807) is 35.2 Å². The lowest BCUT2D eigenvalue weighted by Gasteiger charge is -2.02. The van der Waals surface area contributed by atoms with Crippen LogP contribution in [-0.2, 0) is 7.05 Å². The van der Waals surface area contributed by atoms with Crippen LogP contribution in [0.5, 0.6) is 0 Å². The number of benzene rings is 1. The van der Waals surface area contributed by atoms with Gasteiger partial charge in [-0.1, -0.05) is 6.07 Å². The normalized spacial score (nSPS) is 10.8. The van der Waals surface area contributed by atoms with Crippen molar-refractivity contribution in [3.63, 3.8) is 0 Å². The fraction of sp³-hybridized carbons (Fsp3) is 0.0769. The van der Waals surface area contributed by atoms with Gasteiger partial charge in [-0.3, -0.25) is 0 Å². The average Bonchev–Trinajstić information content (AvgIpc) is 3.01. The monoisotopic (exact) mass is 274 g/mol. The van der Waals surface area contributed by atoms with Gasteiger partial charge in [-0.05, 0) is 29.6 Å². The van der Waals surface area contributed by atoms with Gasteiger partial charge in [0.1, 0.15) is 5.82 Å². The fourth-order valence-electron chi connectivity index (χ4n) is 1.83. The van der Waals surface area contributed by atoms with Gasteiger partial charge >= 0.3 is 0 Å². The molecule has 6 heteroatoms. The SMILES string of the molecule is Cn1nc(-c2cccs2)nc1-c1ccc(F)c(N)c1. The number of nitrogen functional groups attached to an aromatic ring is 1. The Bertz CT molecular complexity index is 718. The maximum atomic E-state index is 13.2. The molecule has 2 heterocycles. The number of aromatic nitrogens is 3. The summed E-state index contributed by atoms with van der Waals surface area (Å²) in [5.41, 5.74) is 6.44. The number of hydrogen-bond donors (Lipinski definition) is 1. The molecule has 0 atom stereocenters. The molecule has 0 saturated heterocycles. The molecule has 1 aromatic carbocycles. The molecule has 0 unspecified atom stereocenters. The second kappa shape index (κ2) is 4.47. The molecule has 3 rings (SSSR count). The molecule has 96 valence electrons. The van der Waals surface area contributed by atoms with Crippen molar-refractivity contribution >= 4 is 17.0 Å². The third-order valence-electron chi connectivity index (χ3n) is 2.76. The Balaban J connectivity index is 2.08. The van der Waals surface area contributed by atoms with Crippen LogP contribution < -0.4 is 5.73 Å². The first-order chi connectivity index (χ1) is 9.15. The van der Waals surface area contributed by atoms with E-state index in [2.05, 4.69) is 10.1 Å². The summed E-state index contributed by atoms with van der Waals surface area (Å²) < 4.78 is 14.8. The third kappa shape index (κ3) is 2.10. The van der Waals surface area contributed by atoms with Crippen LogP contribution in [0.25, 0.3) is 22.1 Å². The Hall–Kier alpha value is -2.21. The number of thiophene rings is 1. The van der Waals surface area contributed by atoms with Crippen LogP contribution in [0.4, 0.5) is 10.1 Å². The van der Waals surface area contributed by atoms with Gasteiger partial charge in [0, 0.05) is 12.6 Å². The summed E-state index contributed by atoms with van der Waals surface area (Å²) in [6.45, 7) is 0. The maximum absolute atomic E-state index is 13.2. The molecule has 0 aliphatic heterocycles. The van der Waals surface area contributed by atoms with E-state index in [4.69, 9.17) is 5.73 Å². The fourth-order valence-corrected chi connectivity index (χ4v) is 2.48. The zero-order chi connectivity index (χ0) is 13.4. The number of rotatable bonds is 2. The molecular weight excluding hydrogens is 263 g/mol. The second-order valence-corrected chi connectivity index (χ2v) is 5.04. The first-order valence-electron chi connectivity index (χ1n) is 5.65. The van der Waals surface area contributed by atoms with Crippen LogP contribution in [-0.4, -0.2) is 14.8 Å². The van der Waals surface area contributed by atoms with Crippen molar-refractivity contribution < 1.29 is 4.39 Å². The van der Waals surface area contributed by atoms with Gasteiger partial charge < -0.3 is 5.73 Å². The van der Waals surface area contributed by atoms with Crippen molar-refractivity contribution in [2.24, 2.45) is 7.05 Å². The van der Waals surface area contributed by atoms with E-state index in [1.165, 1.54) is 6.07 Å². The molecule has 0 amide bonds. The van der Waals surface area contributed by atoms with Crippen LogP contribution in [0.15, 0.2) is 35.7 Å². The Morgan fingerprint density at radius 1 is 1.32 bits per heavy atom. The predicted octanol–water partition coefficient (Wildman–Crippen LogP) is 2.93. The molecule has 2 N–H and O–H groups in total.